The van der Waals surface area contributed by atoms with Gasteiger partial charge in [0.25, 0.3) is 0 Å². The van der Waals surface area contributed by atoms with Crippen molar-refractivity contribution in [2.24, 2.45) is 5.92 Å². The molecule has 2 N–H and O–H groups in total. The Morgan fingerprint density at radius 3 is 2.59 bits per heavy atom. The summed E-state index contributed by atoms with van der Waals surface area (Å²) in [5.41, 5.74) is 1.91. The molecule has 2 fully saturated rings. The lowest BCUT2D eigenvalue weighted by Gasteiger charge is -2.54. The van der Waals surface area contributed by atoms with Crippen molar-refractivity contribution in [3.63, 3.8) is 0 Å². The van der Waals surface area contributed by atoms with E-state index in [0.717, 1.165) is 31.7 Å². The molecule has 0 unspecified atom stereocenters. The van der Waals surface area contributed by atoms with Gasteiger partial charge in [-0.2, -0.15) is 0 Å². The summed E-state index contributed by atoms with van der Waals surface area (Å²) in [6.45, 7) is 8.28. The fourth-order valence-electron chi connectivity index (χ4n) is 4.33. The third-order valence-electron chi connectivity index (χ3n) is 6.27. The molecule has 1 atom stereocenters. The van der Waals surface area contributed by atoms with Crippen molar-refractivity contribution in [1.82, 2.24) is 15.3 Å². The van der Waals surface area contributed by atoms with Gasteiger partial charge in [-0.05, 0) is 31.0 Å². The largest absolute Gasteiger partial charge is 0.459 e. The maximum absolute atomic E-state index is 13.7. The highest BCUT2D eigenvalue weighted by atomic mass is 19.1. The van der Waals surface area contributed by atoms with Gasteiger partial charge < -0.3 is 24.7 Å². The fourth-order valence-corrected chi connectivity index (χ4v) is 4.33. The molecule has 2 amide bonds. The van der Waals surface area contributed by atoms with E-state index in [1.54, 1.807) is 18.5 Å². The highest BCUT2D eigenvalue weighted by molar-refractivity contribution is 5.89. The Balaban J connectivity index is 1.25. The number of hydrogen-bond acceptors (Lipinski definition) is 6. The van der Waals surface area contributed by atoms with Crippen LogP contribution >= 0.6 is 0 Å². The minimum Gasteiger partial charge on any atom is -0.459 e. The normalized spacial score (nSPS) is 17.8. The number of aryl methyl sites for hydroxylation is 1. The van der Waals surface area contributed by atoms with Crippen molar-refractivity contribution in [3.8, 4) is 0 Å². The number of nitrogens with one attached hydrogen (secondary N) is 2. The van der Waals surface area contributed by atoms with Crippen molar-refractivity contribution >= 4 is 28.6 Å². The number of fused-ring (bicyclic) bond motifs is 1. The van der Waals surface area contributed by atoms with Gasteiger partial charge in [0.05, 0.1) is 43.8 Å². The summed E-state index contributed by atoms with van der Waals surface area (Å²) >= 11 is 0. The van der Waals surface area contributed by atoms with Crippen LogP contribution in [-0.4, -0.2) is 41.3 Å². The van der Waals surface area contributed by atoms with E-state index >= 15 is 0 Å². The van der Waals surface area contributed by atoms with Gasteiger partial charge in [0.15, 0.2) is 0 Å². The molecule has 2 aliphatic heterocycles. The molecule has 2 aliphatic rings. The zero-order valence-corrected chi connectivity index (χ0v) is 18.3. The van der Waals surface area contributed by atoms with Crippen LogP contribution < -0.4 is 15.5 Å². The molecule has 0 saturated carbocycles. The predicted octanol–water partition coefficient (Wildman–Crippen LogP) is 4.17. The van der Waals surface area contributed by atoms with Crippen LogP contribution in [0.5, 0.6) is 0 Å². The lowest BCUT2D eigenvalue weighted by Crippen LogP contribution is -2.68. The number of urea groups is 1. The molecule has 0 radical (unpaired) electrons. The van der Waals surface area contributed by atoms with Crippen LogP contribution in [-0.2, 0) is 4.74 Å². The van der Waals surface area contributed by atoms with Crippen LogP contribution in [0.3, 0.4) is 0 Å². The number of carbonyl (C=O) groups excluding carboxylic acids is 1. The van der Waals surface area contributed by atoms with Gasteiger partial charge in [0, 0.05) is 17.4 Å². The summed E-state index contributed by atoms with van der Waals surface area (Å²) in [4.78, 5) is 23.5. The summed E-state index contributed by atoms with van der Waals surface area (Å²) in [5.74, 6) is 0.974. The first-order chi connectivity index (χ1) is 15.3. The van der Waals surface area contributed by atoms with Crippen molar-refractivity contribution in [2.75, 3.05) is 29.9 Å². The molecule has 0 aliphatic carbocycles. The Bertz CT molecular complexity index is 1150. The van der Waals surface area contributed by atoms with Gasteiger partial charge in [-0.25, -0.2) is 19.2 Å². The highest BCUT2D eigenvalue weighted by Crippen LogP contribution is 2.37. The zero-order chi connectivity index (χ0) is 22.5. The predicted molar refractivity (Wildman–Crippen MR) is 118 cm³/mol. The number of benzene rings is 1. The minimum atomic E-state index is -0.392. The van der Waals surface area contributed by atoms with Gasteiger partial charge in [-0.15, -0.1) is 0 Å². The van der Waals surface area contributed by atoms with Gasteiger partial charge in [-0.1, -0.05) is 13.8 Å². The third kappa shape index (κ3) is 3.66. The van der Waals surface area contributed by atoms with E-state index in [-0.39, 0.29) is 23.4 Å². The van der Waals surface area contributed by atoms with Gasteiger partial charge in [-0.3, -0.25) is 0 Å². The first-order valence-corrected chi connectivity index (χ1v) is 10.8. The monoisotopic (exact) mass is 439 g/mol. The van der Waals surface area contributed by atoms with Crippen LogP contribution in [0, 0.1) is 18.7 Å². The lowest BCUT2D eigenvalue weighted by atomic mass is 9.87. The number of furan rings is 1. The maximum atomic E-state index is 13.7. The van der Waals surface area contributed by atoms with Crippen molar-refractivity contribution in [1.29, 1.82) is 0 Å². The first-order valence-electron chi connectivity index (χ1n) is 10.8. The van der Waals surface area contributed by atoms with E-state index in [9.17, 15) is 9.18 Å². The zero-order valence-electron chi connectivity index (χ0n) is 18.3. The summed E-state index contributed by atoms with van der Waals surface area (Å²) in [6.07, 6.45) is 4.27. The Morgan fingerprint density at radius 1 is 1.25 bits per heavy atom. The Morgan fingerprint density at radius 2 is 1.97 bits per heavy atom. The number of rotatable bonds is 5. The second-order valence-electron chi connectivity index (χ2n) is 8.96. The molecular weight excluding hydrogens is 413 g/mol. The number of ether oxygens (including phenoxy) is 1. The third-order valence-corrected chi connectivity index (χ3v) is 6.27. The molecule has 0 bridgehead atoms. The van der Waals surface area contributed by atoms with E-state index < -0.39 is 6.03 Å². The average molecular weight is 439 g/mol. The molecule has 8 nitrogen and oxygen atoms in total. The molecule has 2 saturated heterocycles. The van der Waals surface area contributed by atoms with E-state index in [0.29, 0.717) is 28.4 Å². The number of aromatic nitrogens is 2. The second kappa shape index (κ2) is 7.74. The maximum Gasteiger partial charge on any atom is 0.319 e. The Hall–Kier alpha value is -3.20. The van der Waals surface area contributed by atoms with Crippen LogP contribution in [0.15, 0.2) is 35.0 Å². The van der Waals surface area contributed by atoms with Gasteiger partial charge >= 0.3 is 6.03 Å². The van der Waals surface area contributed by atoms with Crippen molar-refractivity contribution in [3.05, 3.63) is 47.7 Å². The highest BCUT2D eigenvalue weighted by Gasteiger charge is 2.50. The molecule has 32 heavy (non-hydrogen) atoms. The Labute approximate surface area is 185 Å². The SMILES string of the molecule is Cc1c([C@H](NC(=O)Nc2cnc(N3CC4(CCO4)C3)nc2)C(C)C)oc2ccc(F)cc12. The Kier molecular flexibility index (Phi) is 5.00. The molecule has 1 spiro atoms. The second-order valence-corrected chi connectivity index (χ2v) is 8.96. The number of hydrogen-bond donors (Lipinski definition) is 2. The van der Waals surface area contributed by atoms with Crippen LogP contribution in [0.4, 0.5) is 20.8 Å². The van der Waals surface area contributed by atoms with E-state index in [4.69, 9.17) is 9.15 Å². The quantitative estimate of drug-likeness (QED) is 0.620. The lowest BCUT2D eigenvalue weighted by molar-refractivity contribution is -0.161. The molecule has 3 aromatic rings. The summed E-state index contributed by atoms with van der Waals surface area (Å²) in [7, 11) is 0. The van der Waals surface area contributed by atoms with Gasteiger partial charge in [0.2, 0.25) is 5.95 Å². The first kappa shape index (κ1) is 20.7. The molecule has 2 aromatic heterocycles. The number of amides is 2. The average Bonchev–Trinajstić information content (AvgIpc) is 3.01. The van der Waals surface area contributed by atoms with E-state index in [1.165, 1.54) is 12.1 Å². The smallest absolute Gasteiger partial charge is 0.319 e. The number of carbonyl (C=O) groups is 1. The van der Waals surface area contributed by atoms with Crippen LogP contribution in [0.2, 0.25) is 0 Å². The standard InChI is InChI=1S/C23H26FN5O3/c1-13(2)19(20-14(3)17-8-15(24)4-5-18(17)32-20)28-22(30)27-16-9-25-21(26-10-16)29-11-23(12-29)6-7-31-23/h4-5,8-10,13,19H,6-7,11-12H2,1-3H3,(H2,27,28,30)/t19-/m1/s1. The van der Waals surface area contributed by atoms with Crippen LogP contribution in [0.1, 0.15) is 37.6 Å². The molecule has 5 rings (SSSR count). The molecule has 1 aromatic carbocycles. The van der Waals surface area contributed by atoms with E-state index in [2.05, 4.69) is 25.5 Å². The van der Waals surface area contributed by atoms with E-state index in [1.807, 2.05) is 20.8 Å². The molecule has 168 valence electrons. The molecular formula is C23H26FN5O3. The fraction of sp³-hybridized carbons (Fsp3) is 0.435. The minimum absolute atomic E-state index is 0.00653. The molecule has 9 heteroatoms. The van der Waals surface area contributed by atoms with Crippen molar-refractivity contribution < 1.29 is 18.3 Å². The number of anilines is 2. The van der Waals surface area contributed by atoms with Crippen molar-refractivity contribution in [2.45, 2.75) is 38.8 Å². The molecule has 4 heterocycles. The van der Waals surface area contributed by atoms with Gasteiger partial charge in [0.1, 0.15) is 22.8 Å². The van der Waals surface area contributed by atoms with Crippen LogP contribution in [0.25, 0.3) is 11.0 Å². The summed E-state index contributed by atoms with van der Waals surface area (Å²) < 4.78 is 25.2. The number of halogens is 1. The summed E-state index contributed by atoms with van der Waals surface area (Å²) in [6, 6.07) is 3.64. The summed E-state index contributed by atoms with van der Waals surface area (Å²) in [5, 5.41) is 6.45. The topological polar surface area (TPSA) is 92.5 Å². The number of nitrogens with zero attached hydrogens (tertiary/aromatic N) is 3.